The van der Waals surface area contributed by atoms with E-state index in [9.17, 15) is 0 Å². The van der Waals surface area contributed by atoms with Crippen LogP contribution in [-0.2, 0) is 4.74 Å². The van der Waals surface area contributed by atoms with Crippen LogP contribution in [0.4, 0.5) is 0 Å². The van der Waals surface area contributed by atoms with Gasteiger partial charge in [-0.2, -0.15) is 0 Å². The first-order valence-corrected chi connectivity index (χ1v) is 3.81. The lowest BCUT2D eigenvalue weighted by atomic mass is 10.1. The Morgan fingerprint density at radius 1 is 1.40 bits per heavy atom. The molecule has 1 aliphatic heterocycles. The van der Waals surface area contributed by atoms with Crippen LogP contribution in [0.1, 0.15) is 19.3 Å². The summed E-state index contributed by atoms with van der Waals surface area (Å²) in [5.41, 5.74) is 0. The van der Waals surface area contributed by atoms with Crippen molar-refractivity contribution < 1.29 is 9.84 Å². The largest absolute Gasteiger partial charge is 0.394 e. The SMILES string of the molecule is OC[C@@H]1CC/C=C/CCO1. The van der Waals surface area contributed by atoms with Crippen molar-refractivity contribution in [2.24, 2.45) is 0 Å². The minimum atomic E-state index is 0.0740. The Bertz CT molecular complexity index is 110. The Morgan fingerprint density at radius 3 is 3.00 bits per heavy atom. The zero-order chi connectivity index (χ0) is 7.23. The molecule has 0 unspecified atom stereocenters. The third-order valence-corrected chi connectivity index (χ3v) is 1.66. The van der Waals surface area contributed by atoms with Gasteiger partial charge >= 0.3 is 0 Å². The molecule has 0 aromatic heterocycles. The van der Waals surface area contributed by atoms with Gasteiger partial charge < -0.3 is 9.84 Å². The molecular weight excluding hydrogens is 128 g/mol. The highest BCUT2D eigenvalue weighted by Gasteiger charge is 2.06. The van der Waals surface area contributed by atoms with Gasteiger partial charge in [-0.1, -0.05) is 12.2 Å². The second-order valence-corrected chi connectivity index (χ2v) is 2.51. The first-order chi connectivity index (χ1) is 4.93. The first-order valence-electron chi connectivity index (χ1n) is 3.81. The van der Waals surface area contributed by atoms with Crippen LogP contribution in [0.15, 0.2) is 12.2 Å². The summed E-state index contributed by atoms with van der Waals surface area (Å²) >= 11 is 0. The molecule has 0 saturated carbocycles. The van der Waals surface area contributed by atoms with E-state index in [0.717, 1.165) is 25.9 Å². The van der Waals surface area contributed by atoms with Crippen molar-refractivity contribution in [1.29, 1.82) is 0 Å². The molecule has 1 N–H and O–H groups in total. The van der Waals surface area contributed by atoms with Crippen molar-refractivity contribution in [2.45, 2.75) is 25.4 Å². The van der Waals surface area contributed by atoms with Gasteiger partial charge in [0.05, 0.1) is 19.3 Å². The highest BCUT2D eigenvalue weighted by molar-refractivity contribution is 4.84. The predicted octanol–water partition coefficient (Wildman–Crippen LogP) is 1.10. The Morgan fingerprint density at radius 2 is 2.20 bits per heavy atom. The molecular formula is C8H14O2. The first kappa shape index (κ1) is 7.76. The van der Waals surface area contributed by atoms with E-state index >= 15 is 0 Å². The number of rotatable bonds is 1. The summed E-state index contributed by atoms with van der Waals surface area (Å²) in [4.78, 5) is 0. The molecule has 10 heavy (non-hydrogen) atoms. The lowest BCUT2D eigenvalue weighted by molar-refractivity contribution is 0.00953. The summed E-state index contributed by atoms with van der Waals surface area (Å²) < 4.78 is 5.33. The van der Waals surface area contributed by atoms with Gasteiger partial charge in [-0.25, -0.2) is 0 Å². The maximum Gasteiger partial charge on any atom is 0.0808 e. The topological polar surface area (TPSA) is 29.5 Å². The minimum Gasteiger partial charge on any atom is -0.394 e. The summed E-state index contributed by atoms with van der Waals surface area (Å²) in [7, 11) is 0. The molecule has 0 fully saturated rings. The van der Waals surface area contributed by atoms with Crippen LogP contribution in [0.2, 0.25) is 0 Å². The molecule has 0 bridgehead atoms. The number of aliphatic hydroxyl groups excluding tert-OH is 1. The van der Waals surface area contributed by atoms with Gasteiger partial charge in [0, 0.05) is 0 Å². The summed E-state index contributed by atoms with van der Waals surface area (Å²) in [5.74, 6) is 0. The van der Waals surface area contributed by atoms with Crippen LogP contribution in [0, 0.1) is 0 Å². The number of hydrogen-bond donors (Lipinski definition) is 1. The summed E-state index contributed by atoms with van der Waals surface area (Å²) in [6.45, 7) is 0.912. The maximum atomic E-state index is 8.76. The summed E-state index contributed by atoms with van der Waals surface area (Å²) in [6, 6.07) is 0. The normalized spacial score (nSPS) is 30.7. The Kier molecular flexibility index (Phi) is 3.47. The van der Waals surface area contributed by atoms with Crippen molar-refractivity contribution in [1.82, 2.24) is 0 Å². The maximum absolute atomic E-state index is 8.76. The number of ether oxygens (including phenoxy) is 1. The van der Waals surface area contributed by atoms with Gasteiger partial charge in [0.1, 0.15) is 0 Å². The van der Waals surface area contributed by atoms with E-state index in [0.29, 0.717) is 0 Å². The molecule has 2 heteroatoms. The van der Waals surface area contributed by atoms with Crippen LogP contribution in [-0.4, -0.2) is 24.4 Å². The highest BCUT2D eigenvalue weighted by Crippen LogP contribution is 2.06. The molecule has 2 nitrogen and oxygen atoms in total. The Labute approximate surface area is 61.5 Å². The second-order valence-electron chi connectivity index (χ2n) is 2.51. The molecule has 0 aromatic rings. The zero-order valence-corrected chi connectivity index (χ0v) is 6.12. The van der Waals surface area contributed by atoms with Crippen molar-refractivity contribution in [2.75, 3.05) is 13.2 Å². The molecule has 58 valence electrons. The molecule has 0 amide bonds. The quantitative estimate of drug-likeness (QED) is 0.555. The highest BCUT2D eigenvalue weighted by atomic mass is 16.5. The lowest BCUT2D eigenvalue weighted by Crippen LogP contribution is -2.18. The zero-order valence-electron chi connectivity index (χ0n) is 6.12. The Hall–Kier alpha value is -0.340. The molecule has 0 radical (unpaired) electrons. The van der Waals surface area contributed by atoms with Gasteiger partial charge in [0.25, 0.3) is 0 Å². The molecule has 1 aliphatic rings. The minimum absolute atomic E-state index is 0.0740. The van der Waals surface area contributed by atoms with Gasteiger partial charge in [-0.05, 0) is 19.3 Å². The van der Waals surface area contributed by atoms with Crippen molar-refractivity contribution >= 4 is 0 Å². The average molecular weight is 142 g/mol. The van der Waals surface area contributed by atoms with E-state index in [1.54, 1.807) is 0 Å². The van der Waals surface area contributed by atoms with Gasteiger partial charge in [-0.3, -0.25) is 0 Å². The van der Waals surface area contributed by atoms with Crippen molar-refractivity contribution in [3.63, 3.8) is 0 Å². The van der Waals surface area contributed by atoms with Crippen molar-refractivity contribution in [3.05, 3.63) is 12.2 Å². The monoisotopic (exact) mass is 142 g/mol. The fourth-order valence-electron chi connectivity index (χ4n) is 1.05. The molecule has 1 heterocycles. The van der Waals surface area contributed by atoms with E-state index in [4.69, 9.17) is 9.84 Å². The van der Waals surface area contributed by atoms with Crippen LogP contribution in [0.3, 0.4) is 0 Å². The van der Waals surface area contributed by atoms with E-state index in [1.807, 2.05) is 0 Å². The summed E-state index contributed by atoms with van der Waals surface area (Å²) in [5, 5.41) is 8.76. The van der Waals surface area contributed by atoms with Gasteiger partial charge in [0.15, 0.2) is 0 Å². The van der Waals surface area contributed by atoms with E-state index in [1.165, 1.54) is 0 Å². The van der Waals surface area contributed by atoms with E-state index < -0.39 is 0 Å². The van der Waals surface area contributed by atoms with Crippen LogP contribution in [0.5, 0.6) is 0 Å². The third-order valence-electron chi connectivity index (χ3n) is 1.66. The molecule has 0 aliphatic carbocycles. The third kappa shape index (κ3) is 2.50. The molecule has 1 rings (SSSR count). The predicted molar refractivity (Wildman–Crippen MR) is 39.8 cm³/mol. The second kappa shape index (κ2) is 4.47. The molecule has 1 atom stereocenters. The Balaban J connectivity index is 2.27. The number of allylic oxidation sites excluding steroid dienone is 1. The van der Waals surface area contributed by atoms with E-state index in [-0.39, 0.29) is 12.7 Å². The molecule has 0 saturated heterocycles. The van der Waals surface area contributed by atoms with Crippen LogP contribution < -0.4 is 0 Å². The van der Waals surface area contributed by atoms with Crippen LogP contribution in [0.25, 0.3) is 0 Å². The standard InChI is InChI=1S/C8H14O2/c9-7-8-5-3-1-2-4-6-10-8/h1-2,8-9H,3-7H2/b2-1+/t8-/m0/s1. The number of hydrogen-bond acceptors (Lipinski definition) is 2. The van der Waals surface area contributed by atoms with Gasteiger partial charge in [-0.15, -0.1) is 0 Å². The van der Waals surface area contributed by atoms with Crippen LogP contribution >= 0.6 is 0 Å². The van der Waals surface area contributed by atoms with Crippen molar-refractivity contribution in [3.8, 4) is 0 Å². The summed E-state index contributed by atoms with van der Waals surface area (Å²) in [6.07, 6.45) is 7.33. The van der Waals surface area contributed by atoms with Gasteiger partial charge in [0.2, 0.25) is 0 Å². The average Bonchev–Trinajstić information content (AvgIpc) is 1.87. The number of aliphatic hydroxyl groups is 1. The smallest absolute Gasteiger partial charge is 0.0808 e. The molecule has 0 spiro atoms. The fraction of sp³-hybridized carbons (Fsp3) is 0.750. The fourth-order valence-corrected chi connectivity index (χ4v) is 1.05. The van der Waals surface area contributed by atoms with E-state index in [2.05, 4.69) is 12.2 Å². The lowest BCUT2D eigenvalue weighted by Gasteiger charge is -2.15. The molecule has 0 aromatic carbocycles.